The third-order valence-corrected chi connectivity index (χ3v) is 4.24. The fourth-order valence-electron chi connectivity index (χ4n) is 1.81. The van der Waals surface area contributed by atoms with Gasteiger partial charge in [-0.1, -0.05) is 0 Å². The SMILES string of the molecule is CCOC(=O)Cc1csc(NN=Cc2ccc(Br)c(F)c2OC)n1. The van der Waals surface area contributed by atoms with Crippen LogP contribution in [0.5, 0.6) is 5.75 Å². The molecule has 0 bridgehead atoms. The smallest absolute Gasteiger partial charge is 0.311 e. The van der Waals surface area contributed by atoms with E-state index in [1.54, 1.807) is 24.4 Å². The van der Waals surface area contributed by atoms with E-state index in [2.05, 4.69) is 31.4 Å². The van der Waals surface area contributed by atoms with Crippen LogP contribution in [0, 0.1) is 5.82 Å². The van der Waals surface area contributed by atoms with Gasteiger partial charge in [-0.05, 0) is 35.0 Å². The summed E-state index contributed by atoms with van der Waals surface area (Å²) in [7, 11) is 1.39. The largest absolute Gasteiger partial charge is 0.493 e. The molecular weight excluding hydrogens is 401 g/mol. The van der Waals surface area contributed by atoms with E-state index in [-0.39, 0.29) is 18.1 Å². The summed E-state index contributed by atoms with van der Waals surface area (Å²) in [5, 5.41) is 6.28. The highest BCUT2D eigenvalue weighted by atomic mass is 79.9. The molecule has 6 nitrogen and oxygen atoms in total. The van der Waals surface area contributed by atoms with Gasteiger partial charge in [0.15, 0.2) is 11.6 Å². The van der Waals surface area contributed by atoms with Gasteiger partial charge in [-0.3, -0.25) is 10.2 Å². The lowest BCUT2D eigenvalue weighted by Crippen LogP contribution is -2.07. The van der Waals surface area contributed by atoms with E-state index in [0.29, 0.717) is 27.5 Å². The molecule has 0 aliphatic carbocycles. The standard InChI is InChI=1S/C15H15BrFN3O3S/c1-3-23-12(21)6-10-8-24-15(19-10)20-18-7-9-4-5-11(16)13(17)14(9)22-2/h4-5,7-8H,3,6H2,1-2H3,(H,19,20). The number of aromatic nitrogens is 1. The number of carbonyl (C=O) groups is 1. The summed E-state index contributed by atoms with van der Waals surface area (Å²) in [4.78, 5) is 15.6. The summed E-state index contributed by atoms with van der Waals surface area (Å²) in [6.07, 6.45) is 1.54. The third-order valence-electron chi connectivity index (χ3n) is 2.83. The highest BCUT2D eigenvalue weighted by Crippen LogP contribution is 2.28. The van der Waals surface area contributed by atoms with E-state index in [0.717, 1.165) is 0 Å². The summed E-state index contributed by atoms with van der Waals surface area (Å²) < 4.78 is 24.1. The Morgan fingerprint density at radius 1 is 1.54 bits per heavy atom. The van der Waals surface area contributed by atoms with Crippen LogP contribution in [-0.2, 0) is 16.0 Å². The molecule has 1 aromatic carbocycles. The van der Waals surface area contributed by atoms with E-state index in [1.807, 2.05) is 0 Å². The quantitative estimate of drug-likeness (QED) is 0.424. The number of nitrogens with one attached hydrogen (secondary N) is 1. The van der Waals surface area contributed by atoms with Gasteiger partial charge in [0, 0.05) is 10.9 Å². The molecule has 0 radical (unpaired) electrons. The van der Waals surface area contributed by atoms with Crippen LogP contribution in [0.2, 0.25) is 0 Å². The fourth-order valence-corrected chi connectivity index (χ4v) is 2.78. The molecule has 0 unspecified atom stereocenters. The number of ether oxygens (including phenoxy) is 2. The van der Waals surface area contributed by atoms with Crippen molar-refractivity contribution >= 4 is 44.6 Å². The normalized spacial score (nSPS) is 10.8. The number of hydrogen-bond donors (Lipinski definition) is 1. The Hall–Kier alpha value is -2.00. The lowest BCUT2D eigenvalue weighted by atomic mass is 10.2. The van der Waals surface area contributed by atoms with Crippen LogP contribution in [0.4, 0.5) is 9.52 Å². The number of benzene rings is 1. The van der Waals surface area contributed by atoms with Crippen LogP contribution >= 0.6 is 27.3 Å². The second kappa shape index (κ2) is 8.74. The number of halogens is 2. The number of thiazole rings is 1. The highest BCUT2D eigenvalue weighted by molar-refractivity contribution is 9.10. The van der Waals surface area contributed by atoms with Crippen molar-refractivity contribution < 1.29 is 18.7 Å². The Balaban J connectivity index is 2.01. The maximum atomic E-state index is 13.9. The van der Waals surface area contributed by atoms with Gasteiger partial charge >= 0.3 is 5.97 Å². The van der Waals surface area contributed by atoms with Gasteiger partial charge in [0.2, 0.25) is 5.13 Å². The molecule has 2 rings (SSSR count). The first-order valence-corrected chi connectivity index (χ1v) is 8.63. The second-order valence-corrected chi connectivity index (χ2v) is 6.19. The zero-order valence-electron chi connectivity index (χ0n) is 13.0. The molecule has 0 atom stereocenters. The van der Waals surface area contributed by atoms with Crippen LogP contribution in [0.15, 0.2) is 27.1 Å². The van der Waals surface area contributed by atoms with Crippen molar-refractivity contribution in [2.75, 3.05) is 19.1 Å². The van der Waals surface area contributed by atoms with E-state index >= 15 is 0 Å². The first-order valence-electron chi connectivity index (χ1n) is 6.96. The summed E-state index contributed by atoms with van der Waals surface area (Å²) in [6.45, 7) is 2.09. The van der Waals surface area contributed by atoms with Gasteiger partial charge in [0.25, 0.3) is 0 Å². The molecule has 1 N–H and O–H groups in total. The molecule has 1 heterocycles. The molecule has 24 heavy (non-hydrogen) atoms. The Kier molecular flexibility index (Phi) is 6.68. The number of methoxy groups -OCH3 is 1. The third kappa shape index (κ3) is 4.75. The van der Waals surface area contributed by atoms with Gasteiger partial charge in [-0.15, -0.1) is 11.3 Å². The van der Waals surface area contributed by atoms with E-state index in [9.17, 15) is 9.18 Å². The van der Waals surface area contributed by atoms with E-state index in [4.69, 9.17) is 9.47 Å². The monoisotopic (exact) mass is 415 g/mol. The average Bonchev–Trinajstić information content (AvgIpc) is 2.98. The number of anilines is 1. The lowest BCUT2D eigenvalue weighted by Gasteiger charge is -2.06. The topological polar surface area (TPSA) is 72.8 Å². The minimum atomic E-state index is -0.493. The second-order valence-electron chi connectivity index (χ2n) is 4.48. The van der Waals surface area contributed by atoms with Crippen molar-refractivity contribution in [1.82, 2.24) is 4.98 Å². The molecule has 128 valence electrons. The number of esters is 1. The zero-order chi connectivity index (χ0) is 17.5. The summed E-state index contributed by atoms with van der Waals surface area (Å²) in [5.41, 5.74) is 3.82. The molecule has 0 spiro atoms. The van der Waals surface area contributed by atoms with Gasteiger partial charge in [-0.2, -0.15) is 5.10 Å². The predicted octanol–water partition coefficient (Wildman–Crippen LogP) is 3.60. The van der Waals surface area contributed by atoms with Crippen molar-refractivity contribution in [2.24, 2.45) is 5.10 Å². The number of hydrogen-bond acceptors (Lipinski definition) is 7. The van der Waals surface area contributed by atoms with Crippen LogP contribution in [0.3, 0.4) is 0 Å². The molecule has 0 aliphatic rings. The van der Waals surface area contributed by atoms with Crippen molar-refractivity contribution in [2.45, 2.75) is 13.3 Å². The predicted molar refractivity (Wildman–Crippen MR) is 94.3 cm³/mol. The maximum Gasteiger partial charge on any atom is 0.311 e. The van der Waals surface area contributed by atoms with Crippen molar-refractivity contribution in [3.8, 4) is 5.75 Å². The average molecular weight is 416 g/mol. The maximum absolute atomic E-state index is 13.9. The number of rotatable bonds is 7. The van der Waals surface area contributed by atoms with Crippen molar-refractivity contribution in [3.63, 3.8) is 0 Å². The number of nitrogens with zero attached hydrogens (tertiary/aromatic N) is 2. The minimum absolute atomic E-state index is 0.0945. The van der Waals surface area contributed by atoms with Gasteiger partial charge in [-0.25, -0.2) is 9.37 Å². The summed E-state index contributed by atoms with van der Waals surface area (Å²) in [5.74, 6) is -0.725. The number of carbonyl (C=O) groups excluding carboxylic acids is 1. The summed E-state index contributed by atoms with van der Waals surface area (Å²) >= 11 is 4.40. The van der Waals surface area contributed by atoms with Gasteiger partial charge in [0.1, 0.15) is 0 Å². The first-order chi connectivity index (χ1) is 11.5. The molecule has 9 heteroatoms. The van der Waals surface area contributed by atoms with Crippen LogP contribution in [-0.4, -0.2) is 30.9 Å². The fraction of sp³-hybridized carbons (Fsp3) is 0.267. The first kappa shape index (κ1) is 18.3. The zero-order valence-corrected chi connectivity index (χ0v) is 15.4. The Labute approximate surface area is 150 Å². The van der Waals surface area contributed by atoms with E-state index in [1.165, 1.54) is 24.7 Å². The molecule has 0 saturated heterocycles. The molecule has 1 aromatic heterocycles. The van der Waals surface area contributed by atoms with Crippen molar-refractivity contribution in [3.05, 3.63) is 39.1 Å². The molecule has 2 aromatic rings. The molecule has 0 saturated carbocycles. The van der Waals surface area contributed by atoms with E-state index < -0.39 is 5.82 Å². The Bertz CT molecular complexity index is 752. The lowest BCUT2D eigenvalue weighted by molar-refractivity contribution is -0.142. The Morgan fingerprint density at radius 3 is 3.04 bits per heavy atom. The molecular formula is C15H15BrFN3O3S. The van der Waals surface area contributed by atoms with Crippen LogP contribution in [0.25, 0.3) is 0 Å². The van der Waals surface area contributed by atoms with Crippen LogP contribution in [0.1, 0.15) is 18.2 Å². The minimum Gasteiger partial charge on any atom is -0.493 e. The van der Waals surface area contributed by atoms with Crippen LogP contribution < -0.4 is 10.2 Å². The van der Waals surface area contributed by atoms with Gasteiger partial charge in [0.05, 0.1) is 36.5 Å². The molecule has 0 fully saturated rings. The Morgan fingerprint density at radius 2 is 2.33 bits per heavy atom. The van der Waals surface area contributed by atoms with Crippen molar-refractivity contribution in [1.29, 1.82) is 0 Å². The number of hydrazone groups is 1. The highest BCUT2D eigenvalue weighted by Gasteiger charge is 2.11. The summed E-state index contributed by atoms with van der Waals surface area (Å²) in [6, 6.07) is 3.24. The molecule has 0 amide bonds. The molecule has 0 aliphatic heterocycles. The van der Waals surface area contributed by atoms with Gasteiger partial charge < -0.3 is 9.47 Å².